The highest BCUT2D eigenvalue weighted by Gasteiger charge is 2.24. The van der Waals surface area contributed by atoms with Crippen LogP contribution in [0.25, 0.3) is 22.0 Å². The lowest BCUT2D eigenvalue weighted by Gasteiger charge is -2.15. The van der Waals surface area contributed by atoms with E-state index in [2.05, 4.69) is 4.98 Å². The van der Waals surface area contributed by atoms with Crippen molar-refractivity contribution in [2.45, 2.75) is 5.03 Å². The van der Waals surface area contributed by atoms with Crippen LogP contribution in [0.2, 0.25) is 0 Å². The largest absolute Gasteiger partial charge is 0.288 e. The van der Waals surface area contributed by atoms with Gasteiger partial charge in [0.1, 0.15) is 5.03 Å². The molecule has 2 heterocycles. The molecule has 0 saturated heterocycles. The Morgan fingerprint density at radius 3 is 2.54 bits per heavy atom. The third-order valence-corrected chi connectivity index (χ3v) is 5.92. The smallest absolute Gasteiger partial charge is 0.270 e. The summed E-state index contributed by atoms with van der Waals surface area (Å²) in [4.78, 5) is 29.5. The van der Waals surface area contributed by atoms with Crippen molar-refractivity contribution in [1.29, 1.82) is 0 Å². The van der Waals surface area contributed by atoms with Gasteiger partial charge in [-0.3, -0.25) is 14.9 Å². The lowest BCUT2D eigenvalue weighted by Crippen LogP contribution is -2.07. The van der Waals surface area contributed by atoms with Crippen molar-refractivity contribution in [3.8, 4) is 11.1 Å². The van der Waals surface area contributed by atoms with Crippen molar-refractivity contribution in [2.24, 2.45) is 0 Å². The van der Waals surface area contributed by atoms with Crippen molar-refractivity contribution < 1.29 is 9.72 Å². The summed E-state index contributed by atoms with van der Waals surface area (Å²) in [5, 5.41) is 14.4. The summed E-state index contributed by atoms with van der Waals surface area (Å²) in [6.45, 7) is 0. The first-order valence-electron chi connectivity index (χ1n) is 8.40. The highest BCUT2D eigenvalue weighted by atomic mass is 32.2. The Morgan fingerprint density at radius 2 is 1.89 bits per heavy atom. The maximum absolute atomic E-state index is 13.4. The molecule has 28 heavy (non-hydrogen) atoms. The maximum atomic E-state index is 13.4. The van der Waals surface area contributed by atoms with E-state index < -0.39 is 4.92 Å². The normalized spacial score (nSPS) is 10.9. The molecule has 0 aliphatic rings. The predicted molar refractivity (Wildman–Crippen MR) is 113 cm³/mol. The molecule has 0 aliphatic heterocycles. The van der Waals surface area contributed by atoms with E-state index in [9.17, 15) is 14.9 Å². The Hall–Kier alpha value is -3.03. The van der Waals surface area contributed by atoms with Gasteiger partial charge in [0, 0.05) is 23.1 Å². The van der Waals surface area contributed by atoms with Crippen LogP contribution in [0.3, 0.4) is 0 Å². The molecular formula is C21H14N2O3S2. The number of benzene rings is 2. The molecule has 0 spiro atoms. The first kappa shape index (κ1) is 18.3. The summed E-state index contributed by atoms with van der Waals surface area (Å²) in [7, 11) is 0. The van der Waals surface area contributed by atoms with Gasteiger partial charge in [-0.2, -0.15) is 0 Å². The number of carbonyl (C=O) groups is 1. The van der Waals surface area contributed by atoms with Gasteiger partial charge in [0.25, 0.3) is 5.69 Å². The molecule has 4 rings (SSSR count). The van der Waals surface area contributed by atoms with Gasteiger partial charge in [-0.25, -0.2) is 4.98 Å². The van der Waals surface area contributed by atoms with Crippen molar-refractivity contribution >= 4 is 45.5 Å². The second kappa shape index (κ2) is 7.53. The van der Waals surface area contributed by atoms with Gasteiger partial charge in [0.15, 0.2) is 0 Å². The fourth-order valence-electron chi connectivity index (χ4n) is 3.14. The predicted octanol–water partition coefficient (Wildman–Crippen LogP) is 5.82. The van der Waals surface area contributed by atoms with Crippen LogP contribution in [-0.2, 0) is 0 Å². The number of hydrogen-bond donors (Lipinski definition) is 0. The molecule has 138 valence electrons. The second-order valence-electron chi connectivity index (χ2n) is 6.00. The van der Waals surface area contributed by atoms with Crippen LogP contribution in [0.15, 0.2) is 71.1 Å². The highest BCUT2D eigenvalue weighted by Crippen LogP contribution is 2.39. The van der Waals surface area contributed by atoms with Crippen LogP contribution >= 0.6 is 23.1 Å². The molecule has 0 saturated carbocycles. The van der Waals surface area contributed by atoms with Crippen LogP contribution in [0.1, 0.15) is 15.2 Å². The van der Waals surface area contributed by atoms with Crippen LogP contribution in [-0.4, -0.2) is 21.9 Å². The topological polar surface area (TPSA) is 73.1 Å². The zero-order valence-electron chi connectivity index (χ0n) is 14.8. The standard InChI is InChI=1S/C21H14N2O3S2/c1-27-21-19(20(24)17-8-5-11-28-17)18(13-6-3-2-4-7-13)15-12-14(23(25)26)9-10-16(15)22-21/h2-12H,1H3. The summed E-state index contributed by atoms with van der Waals surface area (Å²) in [5.41, 5.74) is 2.58. The van der Waals surface area contributed by atoms with Gasteiger partial charge >= 0.3 is 0 Å². The molecule has 4 aromatic rings. The van der Waals surface area contributed by atoms with Gasteiger partial charge < -0.3 is 0 Å². The molecule has 5 nitrogen and oxygen atoms in total. The molecule has 0 atom stereocenters. The van der Waals surface area contributed by atoms with E-state index in [-0.39, 0.29) is 11.5 Å². The van der Waals surface area contributed by atoms with Gasteiger partial charge in [0.2, 0.25) is 5.78 Å². The monoisotopic (exact) mass is 406 g/mol. The van der Waals surface area contributed by atoms with Crippen LogP contribution < -0.4 is 0 Å². The zero-order chi connectivity index (χ0) is 19.7. The van der Waals surface area contributed by atoms with Gasteiger partial charge in [-0.15, -0.1) is 23.1 Å². The summed E-state index contributed by atoms with van der Waals surface area (Å²) >= 11 is 2.76. The van der Waals surface area contributed by atoms with E-state index in [4.69, 9.17) is 0 Å². The van der Waals surface area contributed by atoms with E-state index in [1.165, 1.54) is 35.2 Å². The molecule has 0 radical (unpaired) electrons. The van der Waals surface area contributed by atoms with Crippen LogP contribution in [0.5, 0.6) is 0 Å². The van der Waals surface area contributed by atoms with Gasteiger partial charge in [-0.05, 0) is 29.3 Å². The Balaban J connectivity index is 2.13. The first-order valence-corrected chi connectivity index (χ1v) is 10.5. The van der Waals surface area contributed by atoms with Crippen molar-refractivity contribution in [3.63, 3.8) is 0 Å². The Labute approximate surface area is 169 Å². The molecule has 0 aliphatic carbocycles. The molecular weight excluding hydrogens is 392 g/mol. The minimum atomic E-state index is -0.433. The van der Waals surface area contributed by atoms with Crippen molar-refractivity contribution in [2.75, 3.05) is 6.26 Å². The molecule has 0 N–H and O–H groups in total. The molecule has 0 unspecified atom stereocenters. The van der Waals surface area contributed by atoms with E-state index in [1.54, 1.807) is 12.1 Å². The number of nitro groups is 1. The Morgan fingerprint density at radius 1 is 1.11 bits per heavy atom. The molecule has 0 fully saturated rings. The van der Waals surface area contributed by atoms with Crippen molar-refractivity contribution in [3.05, 3.63) is 86.6 Å². The molecule has 0 bridgehead atoms. The number of non-ortho nitro benzene ring substituents is 1. The number of aromatic nitrogens is 1. The Bertz CT molecular complexity index is 1190. The second-order valence-corrected chi connectivity index (χ2v) is 7.74. The first-order chi connectivity index (χ1) is 13.6. The van der Waals surface area contributed by atoms with Gasteiger partial charge in [-0.1, -0.05) is 36.4 Å². The lowest BCUT2D eigenvalue weighted by molar-refractivity contribution is -0.384. The number of pyridine rings is 1. The van der Waals surface area contributed by atoms with Crippen LogP contribution in [0, 0.1) is 10.1 Å². The number of nitrogens with zero attached hydrogens (tertiary/aromatic N) is 2. The minimum absolute atomic E-state index is 0.0297. The fourth-order valence-corrected chi connectivity index (χ4v) is 4.39. The van der Waals surface area contributed by atoms with E-state index in [0.717, 1.165) is 5.56 Å². The number of fused-ring (bicyclic) bond motifs is 1. The average Bonchev–Trinajstić information content (AvgIpc) is 3.26. The average molecular weight is 406 g/mol. The fraction of sp³-hybridized carbons (Fsp3) is 0.0476. The number of hydrogen-bond acceptors (Lipinski definition) is 6. The maximum Gasteiger partial charge on any atom is 0.270 e. The number of carbonyl (C=O) groups excluding carboxylic acids is 1. The quantitative estimate of drug-likeness (QED) is 0.181. The lowest BCUT2D eigenvalue weighted by atomic mass is 9.93. The number of nitro benzene ring substituents is 1. The van der Waals surface area contributed by atoms with E-state index in [0.29, 0.717) is 31.9 Å². The Kier molecular flexibility index (Phi) is 4.93. The number of thiophene rings is 1. The number of ketones is 1. The summed E-state index contributed by atoms with van der Waals surface area (Å²) in [5.74, 6) is -0.126. The SMILES string of the molecule is CSc1nc2ccc([N+](=O)[O-])cc2c(-c2ccccc2)c1C(=O)c1cccs1. The van der Waals surface area contributed by atoms with Gasteiger partial charge in [0.05, 0.1) is 20.9 Å². The van der Waals surface area contributed by atoms with Crippen LogP contribution in [0.4, 0.5) is 5.69 Å². The summed E-state index contributed by atoms with van der Waals surface area (Å²) in [6.07, 6.45) is 1.87. The molecule has 2 aromatic carbocycles. The summed E-state index contributed by atoms with van der Waals surface area (Å²) in [6, 6.07) is 17.7. The van der Waals surface area contributed by atoms with E-state index in [1.807, 2.05) is 48.0 Å². The molecule has 2 aromatic heterocycles. The highest BCUT2D eigenvalue weighted by molar-refractivity contribution is 7.98. The molecule has 7 heteroatoms. The van der Waals surface area contributed by atoms with Crippen molar-refractivity contribution in [1.82, 2.24) is 4.98 Å². The third kappa shape index (κ3) is 3.19. The summed E-state index contributed by atoms with van der Waals surface area (Å²) < 4.78 is 0. The minimum Gasteiger partial charge on any atom is -0.288 e. The zero-order valence-corrected chi connectivity index (χ0v) is 16.4. The van der Waals surface area contributed by atoms with E-state index >= 15 is 0 Å². The number of thioether (sulfide) groups is 1. The number of rotatable bonds is 5. The third-order valence-electron chi connectivity index (χ3n) is 4.37. The molecule has 0 amide bonds.